The summed E-state index contributed by atoms with van der Waals surface area (Å²) in [5.74, 6) is 0.583. The fourth-order valence-electron chi connectivity index (χ4n) is 10.2. The van der Waals surface area contributed by atoms with E-state index in [0.717, 1.165) is 17.1 Å². The van der Waals surface area contributed by atoms with Crippen molar-refractivity contribution in [1.29, 1.82) is 0 Å². The summed E-state index contributed by atoms with van der Waals surface area (Å²) in [7, 11) is 0. The van der Waals surface area contributed by atoms with Gasteiger partial charge in [0.05, 0.1) is 11.4 Å². The van der Waals surface area contributed by atoms with Crippen molar-refractivity contribution < 1.29 is 0 Å². The van der Waals surface area contributed by atoms with Gasteiger partial charge in [-0.25, -0.2) is 0 Å². The van der Waals surface area contributed by atoms with Crippen molar-refractivity contribution in [2.75, 3.05) is 4.90 Å². The van der Waals surface area contributed by atoms with E-state index in [1.54, 1.807) is 0 Å². The highest BCUT2D eigenvalue weighted by Gasteiger charge is 2.24. The van der Waals surface area contributed by atoms with Crippen molar-refractivity contribution in [2.24, 2.45) is 0 Å². The van der Waals surface area contributed by atoms with Crippen LogP contribution in [0.5, 0.6) is 0 Å². The quantitative estimate of drug-likeness (QED) is 0.140. The molecule has 0 atom stereocenters. The Morgan fingerprint density at radius 1 is 0.302 bits per heavy atom. The zero-order valence-corrected chi connectivity index (χ0v) is 35.5. The summed E-state index contributed by atoms with van der Waals surface area (Å²) in [5.41, 5.74) is 17.1. The summed E-state index contributed by atoms with van der Waals surface area (Å²) in [4.78, 5) is 2.49. The highest BCUT2D eigenvalue weighted by atomic mass is 15.1. The zero-order chi connectivity index (χ0) is 42.0. The minimum absolute atomic E-state index is 0.583. The molecular weight excluding hydrogens is 759 g/mol. The molecule has 1 saturated carbocycles. The first kappa shape index (κ1) is 38.4. The highest BCUT2D eigenvalue weighted by Crippen LogP contribution is 2.48. The molecule has 1 fully saturated rings. The molecule has 63 heavy (non-hydrogen) atoms. The fourth-order valence-corrected chi connectivity index (χ4v) is 10.2. The van der Waals surface area contributed by atoms with Crippen LogP contribution >= 0.6 is 0 Å². The summed E-state index contributed by atoms with van der Waals surface area (Å²) in [6.45, 7) is 0. The monoisotopic (exact) mass is 807 g/mol. The number of benzene rings is 10. The van der Waals surface area contributed by atoms with E-state index in [4.69, 9.17) is 0 Å². The van der Waals surface area contributed by atoms with Crippen molar-refractivity contribution >= 4 is 38.6 Å². The van der Waals surface area contributed by atoms with E-state index in [-0.39, 0.29) is 0 Å². The number of hydrogen-bond donors (Lipinski definition) is 0. The number of nitrogens with zero attached hydrogens (tertiary/aromatic N) is 1. The standard InChI is InChI=1S/C62H49N/c1-3-16-44(17-4-1)45-34-38-51(39-35-45)56-25-9-11-30-60(56)63(53-42-40-47(41-43-53)46-32-36-50(37-33-46)55-27-13-21-48-20-7-8-24-54(48)55)61-31-12-10-26-58(61)59-29-15-23-52-22-14-28-57(62(52)59)49-18-5-2-6-19-49/h1,3-4,7-17,20-43,49H,2,5-6,18-19H2. The van der Waals surface area contributed by atoms with Crippen molar-refractivity contribution in [1.82, 2.24) is 0 Å². The third-order valence-corrected chi connectivity index (χ3v) is 13.3. The molecule has 0 amide bonds. The molecule has 10 aromatic rings. The van der Waals surface area contributed by atoms with E-state index in [9.17, 15) is 0 Å². The SMILES string of the molecule is c1ccc(-c2ccc(-c3ccccc3N(c3ccc(-c4ccc(-c5cccc6ccccc56)cc4)cc3)c3ccccc3-c3cccc4cccc(C5CCCCC5)c34)cc2)cc1. The van der Waals surface area contributed by atoms with Gasteiger partial charge in [0.25, 0.3) is 0 Å². The molecule has 10 aromatic carbocycles. The zero-order valence-electron chi connectivity index (χ0n) is 35.5. The second-order valence-corrected chi connectivity index (χ2v) is 17.0. The van der Waals surface area contributed by atoms with E-state index >= 15 is 0 Å². The number of fused-ring (bicyclic) bond motifs is 2. The lowest BCUT2D eigenvalue weighted by Crippen LogP contribution is -2.12. The molecule has 1 heteroatoms. The lowest BCUT2D eigenvalue weighted by atomic mass is 9.80. The van der Waals surface area contributed by atoms with Crippen LogP contribution < -0.4 is 4.90 Å². The van der Waals surface area contributed by atoms with E-state index in [1.807, 2.05) is 0 Å². The van der Waals surface area contributed by atoms with Gasteiger partial charge >= 0.3 is 0 Å². The molecule has 0 bridgehead atoms. The topological polar surface area (TPSA) is 3.24 Å². The van der Waals surface area contributed by atoms with Gasteiger partial charge in [0, 0.05) is 16.8 Å². The maximum atomic E-state index is 2.49. The Labute approximate surface area is 371 Å². The Kier molecular flexibility index (Phi) is 10.4. The van der Waals surface area contributed by atoms with Crippen LogP contribution in [0.25, 0.3) is 77.2 Å². The Hall–Kier alpha value is -7.48. The van der Waals surface area contributed by atoms with Crippen LogP contribution in [0.4, 0.5) is 17.1 Å². The lowest BCUT2D eigenvalue weighted by molar-refractivity contribution is 0.445. The summed E-state index contributed by atoms with van der Waals surface area (Å²) < 4.78 is 0. The minimum atomic E-state index is 0.583. The molecule has 0 spiro atoms. The van der Waals surface area contributed by atoms with Gasteiger partial charge in [0.1, 0.15) is 0 Å². The normalized spacial score (nSPS) is 13.0. The maximum Gasteiger partial charge on any atom is 0.0540 e. The fraction of sp³-hybridized carbons (Fsp3) is 0.0968. The molecule has 1 aliphatic carbocycles. The summed E-state index contributed by atoms with van der Waals surface area (Å²) >= 11 is 0. The molecular formula is C62H49N. The Morgan fingerprint density at radius 2 is 0.762 bits per heavy atom. The molecule has 0 saturated heterocycles. The molecule has 0 aromatic heterocycles. The van der Waals surface area contributed by atoms with Crippen molar-refractivity contribution in [3.63, 3.8) is 0 Å². The molecule has 0 N–H and O–H groups in total. The van der Waals surface area contributed by atoms with Crippen LogP contribution in [-0.2, 0) is 0 Å². The van der Waals surface area contributed by atoms with Crippen molar-refractivity contribution in [2.45, 2.75) is 38.0 Å². The largest absolute Gasteiger partial charge is 0.309 e. The van der Waals surface area contributed by atoms with Crippen LogP contribution in [0.2, 0.25) is 0 Å². The Balaban J connectivity index is 1.04. The summed E-state index contributed by atoms with van der Waals surface area (Å²) in [6.07, 6.45) is 6.48. The van der Waals surface area contributed by atoms with Gasteiger partial charge in [-0.05, 0) is 115 Å². The minimum Gasteiger partial charge on any atom is -0.309 e. The first-order valence-corrected chi connectivity index (χ1v) is 22.6. The summed E-state index contributed by atoms with van der Waals surface area (Å²) in [5, 5.41) is 5.24. The molecule has 11 rings (SSSR count). The van der Waals surface area contributed by atoms with Gasteiger partial charge in [0.2, 0.25) is 0 Å². The lowest BCUT2D eigenvalue weighted by Gasteiger charge is -2.31. The average molecular weight is 808 g/mol. The smallest absolute Gasteiger partial charge is 0.0540 e. The number of hydrogen-bond acceptors (Lipinski definition) is 1. The second kappa shape index (κ2) is 17.1. The third kappa shape index (κ3) is 7.51. The Bertz CT molecular complexity index is 3160. The van der Waals surface area contributed by atoms with Gasteiger partial charge in [-0.2, -0.15) is 0 Å². The van der Waals surface area contributed by atoms with Crippen LogP contribution in [0.1, 0.15) is 43.6 Å². The van der Waals surface area contributed by atoms with Gasteiger partial charge < -0.3 is 4.90 Å². The maximum absolute atomic E-state index is 2.49. The van der Waals surface area contributed by atoms with Crippen LogP contribution in [0, 0.1) is 0 Å². The molecule has 302 valence electrons. The second-order valence-electron chi connectivity index (χ2n) is 17.0. The van der Waals surface area contributed by atoms with E-state index in [0.29, 0.717) is 5.92 Å². The number of rotatable bonds is 9. The molecule has 1 aliphatic rings. The van der Waals surface area contributed by atoms with Crippen LogP contribution in [0.3, 0.4) is 0 Å². The molecule has 0 heterocycles. The van der Waals surface area contributed by atoms with Crippen molar-refractivity contribution in [3.05, 3.63) is 236 Å². The molecule has 0 aliphatic heterocycles. The summed E-state index contributed by atoms with van der Waals surface area (Å²) in [6, 6.07) is 84.9. The molecule has 0 unspecified atom stereocenters. The molecule has 1 nitrogen and oxygen atoms in total. The number of anilines is 3. The van der Waals surface area contributed by atoms with Gasteiger partial charge in [-0.1, -0.05) is 226 Å². The van der Waals surface area contributed by atoms with E-state index in [2.05, 4.69) is 235 Å². The average Bonchev–Trinajstić information content (AvgIpc) is 3.37. The van der Waals surface area contributed by atoms with Crippen LogP contribution in [0.15, 0.2) is 231 Å². The predicted octanol–water partition coefficient (Wildman–Crippen LogP) is 17.8. The van der Waals surface area contributed by atoms with E-state index < -0.39 is 0 Å². The van der Waals surface area contributed by atoms with E-state index in [1.165, 1.54) is 115 Å². The third-order valence-electron chi connectivity index (χ3n) is 13.3. The predicted molar refractivity (Wildman–Crippen MR) is 269 cm³/mol. The van der Waals surface area contributed by atoms with Crippen LogP contribution in [-0.4, -0.2) is 0 Å². The van der Waals surface area contributed by atoms with Gasteiger partial charge in [-0.3, -0.25) is 0 Å². The van der Waals surface area contributed by atoms with Gasteiger partial charge in [0.15, 0.2) is 0 Å². The number of para-hydroxylation sites is 2. The first-order chi connectivity index (χ1) is 31.3. The van der Waals surface area contributed by atoms with Crippen molar-refractivity contribution in [3.8, 4) is 55.6 Å². The molecule has 0 radical (unpaired) electrons. The first-order valence-electron chi connectivity index (χ1n) is 22.6. The van der Waals surface area contributed by atoms with Gasteiger partial charge in [-0.15, -0.1) is 0 Å². The highest BCUT2D eigenvalue weighted by molar-refractivity contribution is 6.04. The Morgan fingerprint density at radius 3 is 1.46 bits per heavy atom.